The number of anilines is 1. The standard InChI is InChI=1S/C10H14N4S/c1-7(5-11)14(2)10-9-8(3-4-15-9)12-6-13-10/h3-4,6-7H,5,11H2,1-2H3. The van der Waals surface area contributed by atoms with Crippen molar-refractivity contribution in [3.63, 3.8) is 0 Å². The van der Waals surface area contributed by atoms with Crippen LogP contribution in [0.2, 0.25) is 0 Å². The molecule has 0 aliphatic rings. The number of thiophene rings is 1. The van der Waals surface area contributed by atoms with Crippen molar-refractivity contribution in [2.75, 3.05) is 18.5 Å². The number of hydrogen-bond donors (Lipinski definition) is 1. The number of nitrogens with zero attached hydrogens (tertiary/aromatic N) is 3. The fourth-order valence-electron chi connectivity index (χ4n) is 1.39. The molecule has 2 rings (SSSR count). The minimum absolute atomic E-state index is 0.283. The Morgan fingerprint density at radius 2 is 2.33 bits per heavy atom. The first kappa shape index (κ1) is 10.3. The van der Waals surface area contributed by atoms with Crippen LogP contribution in [0.25, 0.3) is 10.2 Å². The van der Waals surface area contributed by atoms with E-state index in [2.05, 4.69) is 21.8 Å². The molecule has 0 fully saturated rings. The highest BCUT2D eigenvalue weighted by Crippen LogP contribution is 2.27. The minimum atomic E-state index is 0.283. The van der Waals surface area contributed by atoms with Crippen LogP contribution in [0.3, 0.4) is 0 Å². The van der Waals surface area contributed by atoms with Crippen molar-refractivity contribution in [3.8, 4) is 0 Å². The van der Waals surface area contributed by atoms with Crippen LogP contribution < -0.4 is 10.6 Å². The van der Waals surface area contributed by atoms with E-state index in [0.717, 1.165) is 16.0 Å². The van der Waals surface area contributed by atoms with Gasteiger partial charge in [0.25, 0.3) is 0 Å². The van der Waals surface area contributed by atoms with E-state index in [-0.39, 0.29) is 6.04 Å². The minimum Gasteiger partial charge on any atom is -0.354 e. The molecule has 0 saturated carbocycles. The molecule has 0 aromatic carbocycles. The Hall–Kier alpha value is -1.20. The average molecular weight is 222 g/mol. The molecule has 2 heterocycles. The maximum Gasteiger partial charge on any atom is 0.150 e. The molecule has 0 saturated heterocycles. The van der Waals surface area contributed by atoms with Gasteiger partial charge in [0.2, 0.25) is 0 Å². The predicted molar refractivity (Wildman–Crippen MR) is 64.3 cm³/mol. The summed E-state index contributed by atoms with van der Waals surface area (Å²) in [4.78, 5) is 10.6. The van der Waals surface area contributed by atoms with Crippen molar-refractivity contribution >= 4 is 27.4 Å². The second kappa shape index (κ2) is 4.12. The third-order valence-electron chi connectivity index (χ3n) is 2.56. The van der Waals surface area contributed by atoms with Crippen LogP contribution in [0.15, 0.2) is 17.8 Å². The van der Waals surface area contributed by atoms with Gasteiger partial charge in [0.05, 0.1) is 10.2 Å². The highest BCUT2D eigenvalue weighted by Gasteiger charge is 2.13. The third kappa shape index (κ3) is 1.80. The van der Waals surface area contributed by atoms with Crippen molar-refractivity contribution < 1.29 is 0 Å². The van der Waals surface area contributed by atoms with Gasteiger partial charge in [0, 0.05) is 19.6 Å². The van der Waals surface area contributed by atoms with E-state index in [1.54, 1.807) is 17.7 Å². The summed E-state index contributed by atoms with van der Waals surface area (Å²) in [5.74, 6) is 0.966. The molecule has 0 aliphatic heterocycles. The Labute approximate surface area is 92.8 Å². The first-order chi connectivity index (χ1) is 7.24. The second-order valence-corrected chi connectivity index (χ2v) is 4.44. The summed E-state index contributed by atoms with van der Waals surface area (Å²) in [6.45, 7) is 2.70. The van der Waals surface area contributed by atoms with Crippen LogP contribution in [0.5, 0.6) is 0 Å². The van der Waals surface area contributed by atoms with Crippen molar-refractivity contribution in [1.29, 1.82) is 0 Å². The number of likely N-dealkylation sites (N-methyl/N-ethyl adjacent to an activating group) is 1. The number of fused-ring (bicyclic) bond motifs is 1. The first-order valence-electron chi connectivity index (χ1n) is 4.85. The zero-order chi connectivity index (χ0) is 10.8. The third-order valence-corrected chi connectivity index (χ3v) is 3.46. The first-order valence-corrected chi connectivity index (χ1v) is 5.73. The molecule has 0 amide bonds. The number of aromatic nitrogens is 2. The normalized spacial score (nSPS) is 13.0. The Balaban J connectivity index is 2.46. The highest BCUT2D eigenvalue weighted by molar-refractivity contribution is 7.17. The lowest BCUT2D eigenvalue weighted by Gasteiger charge is -2.24. The van der Waals surface area contributed by atoms with E-state index in [9.17, 15) is 0 Å². The molecule has 2 N–H and O–H groups in total. The van der Waals surface area contributed by atoms with E-state index in [4.69, 9.17) is 5.73 Å². The monoisotopic (exact) mass is 222 g/mol. The van der Waals surface area contributed by atoms with Gasteiger partial charge in [-0.25, -0.2) is 9.97 Å². The summed E-state index contributed by atoms with van der Waals surface area (Å²) < 4.78 is 1.13. The van der Waals surface area contributed by atoms with Crippen LogP contribution in [0, 0.1) is 0 Å². The molecule has 2 aromatic rings. The molecule has 5 heteroatoms. The molecular formula is C10H14N4S. The molecule has 15 heavy (non-hydrogen) atoms. The van der Waals surface area contributed by atoms with Gasteiger partial charge in [0.15, 0.2) is 0 Å². The zero-order valence-electron chi connectivity index (χ0n) is 8.84. The van der Waals surface area contributed by atoms with Gasteiger partial charge in [-0.3, -0.25) is 0 Å². The quantitative estimate of drug-likeness (QED) is 0.854. The lowest BCUT2D eigenvalue weighted by molar-refractivity contribution is 0.689. The molecule has 4 nitrogen and oxygen atoms in total. The number of hydrogen-bond acceptors (Lipinski definition) is 5. The molecule has 0 aliphatic carbocycles. The average Bonchev–Trinajstić information content (AvgIpc) is 2.74. The SMILES string of the molecule is CC(CN)N(C)c1ncnc2ccsc12. The predicted octanol–water partition coefficient (Wildman–Crippen LogP) is 1.47. The van der Waals surface area contributed by atoms with E-state index >= 15 is 0 Å². The van der Waals surface area contributed by atoms with E-state index in [1.165, 1.54) is 0 Å². The van der Waals surface area contributed by atoms with Crippen molar-refractivity contribution in [3.05, 3.63) is 17.8 Å². The van der Waals surface area contributed by atoms with E-state index in [0.29, 0.717) is 6.54 Å². The fraction of sp³-hybridized carbons (Fsp3) is 0.400. The van der Waals surface area contributed by atoms with Gasteiger partial charge in [0.1, 0.15) is 12.1 Å². The molecule has 0 radical (unpaired) electrons. The highest BCUT2D eigenvalue weighted by atomic mass is 32.1. The van der Waals surface area contributed by atoms with Crippen molar-refractivity contribution in [2.45, 2.75) is 13.0 Å². The molecule has 2 aromatic heterocycles. The Morgan fingerprint density at radius 3 is 3.07 bits per heavy atom. The van der Waals surface area contributed by atoms with E-state index in [1.807, 2.05) is 18.5 Å². The Bertz CT molecular complexity index is 453. The zero-order valence-corrected chi connectivity index (χ0v) is 9.66. The summed E-state index contributed by atoms with van der Waals surface area (Å²) >= 11 is 1.66. The number of rotatable bonds is 3. The van der Waals surface area contributed by atoms with Crippen LogP contribution in [0.4, 0.5) is 5.82 Å². The van der Waals surface area contributed by atoms with Gasteiger partial charge < -0.3 is 10.6 Å². The largest absolute Gasteiger partial charge is 0.354 e. The maximum atomic E-state index is 5.65. The van der Waals surface area contributed by atoms with Gasteiger partial charge in [-0.2, -0.15) is 0 Å². The van der Waals surface area contributed by atoms with Crippen LogP contribution in [0.1, 0.15) is 6.92 Å². The van der Waals surface area contributed by atoms with E-state index < -0.39 is 0 Å². The van der Waals surface area contributed by atoms with Gasteiger partial charge in [-0.15, -0.1) is 11.3 Å². The van der Waals surface area contributed by atoms with Crippen molar-refractivity contribution in [1.82, 2.24) is 9.97 Å². The van der Waals surface area contributed by atoms with Crippen LogP contribution in [-0.2, 0) is 0 Å². The summed E-state index contributed by atoms with van der Waals surface area (Å²) in [5, 5.41) is 2.03. The van der Waals surface area contributed by atoms with Crippen molar-refractivity contribution in [2.24, 2.45) is 5.73 Å². The summed E-state index contributed by atoms with van der Waals surface area (Å²) in [6, 6.07) is 2.29. The van der Waals surface area contributed by atoms with Gasteiger partial charge in [-0.1, -0.05) is 0 Å². The lowest BCUT2D eigenvalue weighted by atomic mass is 10.3. The summed E-state index contributed by atoms with van der Waals surface area (Å²) in [7, 11) is 2.01. The Kier molecular flexibility index (Phi) is 2.83. The van der Waals surface area contributed by atoms with Crippen LogP contribution in [-0.4, -0.2) is 29.6 Å². The number of nitrogens with two attached hydrogens (primary N) is 1. The molecular weight excluding hydrogens is 208 g/mol. The molecule has 1 unspecified atom stereocenters. The van der Waals surface area contributed by atoms with Crippen LogP contribution >= 0.6 is 11.3 Å². The maximum absolute atomic E-state index is 5.65. The Morgan fingerprint density at radius 1 is 1.53 bits per heavy atom. The molecule has 80 valence electrons. The lowest BCUT2D eigenvalue weighted by Crippen LogP contribution is -2.35. The fourth-order valence-corrected chi connectivity index (χ4v) is 2.27. The molecule has 0 spiro atoms. The molecule has 1 atom stereocenters. The molecule has 0 bridgehead atoms. The second-order valence-electron chi connectivity index (χ2n) is 3.53. The summed E-state index contributed by atoms with van der Waals surface area (Å²) in [6.07, 6.45) is 1.60. The summed E-state index contributed by atoms with van der Waals surface area (Å²) in [5.41, 5.74) is 6.65. The smallest absolute Gasteiger partial charge is 0.150 e. The topological polar surface area (TPSA) is 55.0 Å². The van der Waals surface area contributed by atoms with Gasteiger partial charge >= 0.3 is 0 Å². The van der Waals surface area contributed by atoms with Gasteiger partial charge in [-0.05, 0) is 18.4 Å².